The number of thioether (sulfide) groups is 1. The predicted octanol–water partition coefficient (Wildman–Crippen LogP) is 4.13. The molecule has 1 N–H and O–H groups in total. The summed E-state index contributed by atoms with van der Waals surface area (Å²) in [7, 11) is -0.406. The lowest BCUT2D eigenvalue weighted by molar-refractivity contribution is -0.0321. The van der Waals surface area contributed by atoms with Gasteiger partial charge in [-0.25, -0.2) is 9.59 Å². The third-order valence-corrected chi connectivity index (χ3v) is 19.9. The standard InChI is InChI=1S/C19H39BO6PSSi2.C6H9BO5P/c1-11(2)29(12(3)4)22-10-15-16(25-30(26-29,13(5)6)14(7)8)17(18(20-27)23-15)24-19(21)28-9;8-1-2-3-4(5(7-13)10-2)12-6(9)11-3/h11-18H,10,27H2,1-9H3;2-5,8H,1,13H2/t15-,16?,17+,18-;2-,3?,4+,5-/m11/s1. The second kappa shape index (κ2) is 15.9. The van der Waals surface area contributed by atoms with Crippen molar-refractivity contribution in [1.82, 2.24) is 0 Å². The highest BCUT2D eigenvalue weighted by Gasteiger charge is 2.62. The van der Waals surface area contributed by atoms with Crippen LogP contribution in [0.1, 0.15) is 55.4 Å². The number of carbonyl (C=O) groups excluding carboxylic acids is 2. The van der Waals surface area contributed by atoms with Crippen LogP contribution in [-0.4, -0.2) is 116 Å². The second-order valence-electron chi connectivity index (χ2n) is 12.4. The van der Waals surface area contributed by atoms with Crippen molar-refractivity contribution < 1.29 is 51.3 Å². The molecule has 0 aromatic heterocycles. The van der Waals surface area contributed by atoms with E-state index in [-0.39, 0.29) is 52.2 Å². The number of rotatable bonds is 8. The minimum atomic E-state index is -2.77. The number of hydrogen-bond donors (Lipinski definition) is 1. The lowest BCUT2D eigenvalue weighted by atomic mass is 9.91. The van der Waals surface area contributed by atoms with E-state index in [2.05, 4.69) is 73.6 Å². The topological polar surface area (TPSA) is 128 Å². The Kier molecular flexibility index (Phi) is 14.0. The summed E-state index contributed by atoms with van der Waals surface area (Å²) in [5.41, 5.74) is 0.968. The van der Waals surface area contributed by atoms with Gasteiger partial charge in [0.1, 0.15) is 24.4 Å². The molecule has 0 bridgehead atoms. The molecule has 18 heteroatoms. The normalized spacial score (nSPS) is 34.5. The molecule has 0 aromatic carbocycles. The SMILES string of the molecule is CSC(=O)O[C@H]1C2O[Si](C(C)C)(C(C)C)O[Si](C(C)C)(C(C)C)OC[C@H]2O[C@H]1[B]P.O=C1OC2[C@@H](CO)O[C@@H]([B]P)[C@H]2O1. The summed E-state index contributed by atoms with van der Waals surface area (Å²) in [5.74, 6) is 0. The molecule has 0 spiro atoms. The van der Waals surface area contributed by atoms with Crippen LogP contribution >= 0.6 is 30.0 Å². The lowest BCUT2D eigenvalue weighted by Gasteiger charge is -2.51. The zero-order valence-electron chi connectivity index (χ0n) is 26.6. The molecule has 0 aromatic rings. The van der Waals surface area contributed by atoms with Gasteiger partial charge in [0.05, 0.1) is 25.2 Å². The van der Waals surface area contributed by atoms with Gasteiger partial charge in [-0.3, -0.25) is 0 Å². The Morgan fingerprint density at radius 1 is 0.930 bits per heavy atom. The van der Waals surface area contributed by atoms with Crippen molar-refractivity contribution in [2.45, 2.75) is 126 Å². The fraction of sp³-hybridized carbons (Fsp3) is 0.920. The van der Waals surface area contributed by atoms with Gasteiger partial charge in [-0.1, -0.05) is 55.4 Å². The molecule has 4 fully saturated rings. The molecule has 0 aliphatic carbocycles. The van der Waals surface area contributed by atoms with E-state index in [9.17, 15) is 9.59 Å². The van der Waals surface area contributed by atoms with Crippen LogP contribution in [0.15, 0.2) is 0 Å². The molecule has 4 heterocycles. The van der Waals surface area contributed by atoms with Gasteiger partial charge in [0.25, 0.3) is 0 Å². The molecule has 4 saturated heterocycles. The van der Waals surface area contributed by atoms with Crippen LogP contribution in [0.5, 0.6) is 0 Å². The van der Waals surface area contributed by atoms with Gasteiger partial charge in [-0.2, -0.15) is 18.2 Å². The van der Waals surface area contributed by atoms with Crippen LogP contribution in [-0.2, 0) is 36.7 Å². The van der Waals surface area contributed by atoms with Crippen molar-refractivity contribution in [3.8, 4) is 0 Å². The highest BCUT2D eigenvalue weighted by Crippen LogP contribution is 2.48. The van der Waals surface area contributed by atoms with Gasteiger partial charge in [-0.15, -0.1) is 0 Å². The van der Waals surface area contributed by atoms with Crippen LogP contribution in [0.4, 0.5) is 9.59 Å². The summed E-state index contributed by atoms with van der Waals surface area (Å²) in [6.07, 6.45) is -1.56. The van der Waals surface area contributed by atoms with E-state index in [4.69, 9.17) is 41.8 Å². The monoisotopic (exact) mass is 696 g/mol. The van der Waals surface area contributed by atoms with Gasteiger partial charge in [0.2, 0.25) is 0 Å². The Bertz CT molecular complexity index is 921. The zero-order valence-corrected chi connectivity index (χ0v) is 31.7. The minimum absolute atomic E-state index is 0.174. The Hall–Kier alpha value is 0.274. The van der Waals surface area contributed by atoms with Crippen molar-refractivity contribution in [1.29, 1.82) is 0 Å². The molecular weight excluding hydrogens is 648 g/mol. The van der Waals surface area contributed by atoms with Crippen molar-refractivity contribution in [2.24, 2.45) is 0 Å². The molecule has 4 aliphatic rings. The van der Waals surface area contributed by atoms with Crippen molar-refractivity contribution in [3.63, 3.8) is 0 Å². The second-order valence-corrected chi connectivity index (χ2v) is 22.7. The molecule has 11 nitrogen and oxygen atoms in total. The Labute approximate surface area is 268 Å². The Morgan fingerprint density at radius 2 is 1.49 bits per heavy atom. The first-order valence-corrected chi connectivity index (χ1v) is 21.4. The van der Waals surface area contributed by atoms with Crippen LogP contribution in [0.3, 0.4) is 0 Å². The summed E-state index contributed by atoms with van der Waals surface area (Å²) in [6, 6.07) is -0.665. The quantitative estimate of drug-likeness (QED) is 0.223. The van der Waals surface area contributed by atoms with E-state index in [1.54, 1.807) is 13.3 Å². The van der Waals surface area contributed by atoms with Crippen LogP contribution < -0.4 is 0 Å². The fourth-order valence-electron chi connectivity index (χ4n) is 6.20. The average Bonchev–Trinajstić information content (AvgIpc) is 3.58. The molecule has 43 heavy (non-hydrogen) atoms. The van der Waals surface area contributed by atoms with Crippen LogP contribution in [0.25, 0.3) is 0 Å². The molecule has 244 valence electrons. The maximum Gasteiger partial charge on any atom is 0.509 e. The van der Waals surface area contributed by atoms with Crippen molar-refractivity contribution in [2.75, 3.05) is 19.5 Å². The largest absolute Gasteiger partial charge is 0.509 e. The first kappa shape index (κ1) is 37.7. The maximum absolute atomic E-state index is 12.1. The van der Waals surface area contributed by atoms with Gasteiger partial charge in [-0.05, 0) is 40.2 Å². The van der Waals surface area contributed by atoms with Gasteiger partial charge in [0.15, 0.2) is 26.2 Å². The summed E-state index contributed by atoms with van der Waals surface area (Å²) in [6.45, 7) is 21.3. The first-order valence-electron chi connectivity index (χ1n) is 14.9. The maximum atomic E-state index is 12.1. The van der Waals surface area contributed by atoms with Gasteiger partial charge in [0, 0.05) is 0 Å². The van der Waals surface area contributed by atoms with Crippen LogP contribution in [0, 0.1) is 0 Å². The smallest absolute Gasteiger partial charge is 0.449 e. The number of fused-ring (bicyclic) bond motifs is 2. The van der Waals surface area contributed by atoms with E-state index in [0.717, 1.165) is 11.8 Å². The first-order chi connectivity index (χ1) is 20.2. The molecule has 2 radical (unpaired) electrons. The predicted molar refractivity (Wildman–Crippen MR) is 178 cm³/mol. The number of ether oxygens (including phenoxy) is 5. The van der Waals surface area contributed by atoms with E-state index in [1.807, 2.05) is 7.00 Å². The third-order valence-electron chi connectivity index (χ3n) is 8.45. The number of aliphatic hydroxyl groups excluding tert-OH is 1. The number of hydrogen-bond acceptors (Lipinski definition) is 12. The van der Waals surface area contributed by atoms with Crippen LogP contribution in [0.2, 0.25) is 22.2 Å². The minimum Gasteiger partial charge on any atom is -0.449 e. The Balaban J connectivity index is 0.000000321. The van der Waals surface area contributed by atoms with Crippen molar-refractivity contribution >= 4 is 72.6 Å². The Morgan fingerprint density at radius 3 is 1.98 bits per heavy atom. The van der Waals surface area contributed by atoms with Gasteiger partial charge >= 0.3 is 28.6 Å². The van der Waals surface area contributed by atoms with Gasteiger partial charge < -0.3 is 41.8 Å². The third kappa shape index (κ3) is 7.88. The highest BCUT2D eigenvalue weighted by atomic mass is 32.2. The molecular formula is C25H48B2O11P2SSi2. The van der Waals surface area contributed by atoms with E-state index in [1.165, 1.54) is 0 Å². The molecule has 4 unspecified atom stereocenters. The summed E-state index contributed by atoms with van der Waals surface area (Å²) in [4.78, 5) is 22.9. The average molecular weight is 696 g/mol. The number of aliphatic hydroxyl groups is 1. The highest BCUT2D eigenvalue weighted by molar-refractivity contribution is 8.12. The molecule has 4 rings (SSSR count). The zero-order chi connectivity index (χ0) is 32.3. The molecule has 10 atom stereocenters. The molecule has 0 saturated carbocycles. The summed E-state index contributed by atoms with van der Waals surface area (Å²) >= 11 is 1.06. The molecule has 4 aliphatic heterocycles. The summed E-state index contributed by atoms with van der Waals surface area (Å²) < 4.78 is 48.0. The number of carbonyl (C=O) groups is 2. The van der Waals surface area contributed by atoms with Crippen molar-refractivity contribution in [3.05, 3.63) is 0 Å². The lowest BCUT2D eigenvalue weighted by Crippen LogP contribution is -2.66. The summed E-state index contributed by atoms with van der Waals surface area (Å²) in [5, 5.41) is 8.59. The van der Waals surface area contributed by atoms with E-state index < -0.39 is 53.8 Å². The molecule has 0 amide bonds. The fourth-order valence-corrected chi connectivity index (χ4v) is 18.2. The van der Waals surface area contributed by atoms with E-state index in [0.29, 0.717) is 6.61 Å². The van der Waals surface area contributed by atoms with E-state index >= 15 is 0 Å².